The second kappa shape index (κ2) is 7.84. The Bertz CT molecular complexity index is 710. The summed E-state index contributed by atoms with van der Waals surface area (Å²) in [5, 5.41) is 15.7. The zero-order chi connectivity index (χ0) is 16.1. The Hall–Kier alpha value is -1.53. The highest BCUT2D eigenvalue weighted by atomic mass is 32.1. The van der Waals surface area contributed by atoms with Gasteiger partial charge in [-0.25, -0.2) is 4.98 Å². The third-order valence-electron chi connectivity index (χ3n) is 3.58. The molecule has 2 heterocycles. The van der Waals surface area contributed by atoms with Crippen molar-refractivity contribution in [3.63, 3.8) is 0 Å². The lowest BCUT2D eigenvalue weighted by atomic mass is 10.2. The maximum absolute atomic E-state index is 10.5. The minimum Gasteiger partial charge on any atom is -0.386 e. The minimum atomic E-state index is -0.459. The van der Waals surface area contributed by atoms with Crippen molar-refractivity contribution in [2.24, 2.45) is 0 Å². The van der Waals surface area contributed by atoms with Gasteiger partial charge in [-0.15, -0.1) is 22.7 Å². The van der Waals surface area contributed by atoms with Crippen molar-refractivity contribution in [1.29, 1.82) is 0 Å². The van der Waals surface area contributed by atoms with E-state index in [1.165, 1.54) is 5.56 Å². The highest BCUT2D eigenvalue weighted by Gasteiger charge is 2.16. The molecule has 1 aromatic carbocycles. The van der Waals surface area contributed by atoms with E-state index in [9.17, 15) is 5.11 Å². The zero-order valence-electron chi connectivity index (χ0n) is 13.1. The Morgan fingerprint density at radius 3 is 2.57 bits per heavy atom. The smallest absolute Gasteiger partial charge is 0.107 e. The number of nitrogens with zero attached hydrogens (tertiary/aromatic N) is 2. The van der Waals surface area contributed by atoms with E-state index >= 15 is 0 Å². The van der Waals surface area contributed by atoms with E-state index in [1.807, 2.05) is 30.5 Å². The zero-order valence-corrected chi connectivity index (χ0v) is 14.7. The van der Waals surface area contributed by atoms with Crippen LogP contribution in [0.5, 0.6) is 0 Å². The number of aryl methyl sites for hydroxylation is 1. The quantitative estimate of drug-likeness (QED) is 0.696. The minimum absolute atomic E-state index is 0.459. The first-order chi connectivity index (χ1) is 11.2. The second-order valence-corrected chi connectivity index (χ2v) is 7.49. The number of hydrogen-bond acceptors (Lipinski definition) is 5. The average Bonchev–Trinajstić information content (AvgIpc) is 3.20. The van der Waals surface area contributed by atoms with Crippen LogP contribution in [0.3, 0.4) is 0 Å². The van der Waals surface area contributed by atoms with Crippen molar-refractivity contribution in [1.82, 2.24) is 9.88 Å². The summed E-state index contributed by atoms with van der Waals surface area (Å²) in [6, 6.07) is 14.3. The van der Waals surface area contributed by atoms with Gasteiger partial charge in [0.05, 0.1) is 6.54 Å². The fraction of sp³-hybridized carbons (Fsp3) is 0.278. The molecule has 0 amide bonds. The second-order valence-electron chi connectivity index (χ2n) is 5.57. The van der Waals surface area contributed by atoms with Gasteiger partial charge in [0, 0.05) is 29.0 Å². The molecule has 1 atom stereocenters. The van der Waals surface area contributed by atoms with Crippen LogP contribution in [0.1, 0.15) is 27.2 Å². The van der Waals surface area contributed by atoms with Crippen LogP contribution >= 0.6 is 22.7 Å². The molecule has 0 aliphatic rings. The molecule has 0 saturated carbocycles. The van der Waals surface area contributed by atoms with Crippen LogP contribution in [0.25, 0.3) is 0 Å². The fourth-order valence-corrected chi connectivity index (χ4v) is 4.02. The van der Waals surface area contributed by atoms with Gasteiger partial charge in [0.15, 0.2) is 0 Å². The summed E-state index contributed by atoms with van der Waals surface area (Å²) in [6.45, 7) is 4.19. The number of thiophene rings is 1. The lowest BCUT2D eigenvalue weighted by Gasteiger charge is -2.24. The van der Waals surface area contributed by atoms with E-state index in [4.69, 9.17) is 0 Å². The monoisotopic (exact) mass is 344 g/mol. The molecular weight excluding hydrogens is 324 g/mol. The molecule has 1 unspecified atom stereocenters. The molecule has 5 heteroatoms. The Morgan fingerprint density at radius 1 is 1.09 bits per heavy atom. The van der Waals surface area contributed by atoms with E-state index in [1.54, 1.807) is 22.7 Å². The molecule has 0 spiro atoms. The third-order valence-corrected chi connectivity index (χ3v) is 5.50. The summed E-state index contributed by atoms with van der Waals surface area (Å²) in [7, 11) is 0. The topological polar surface area (TPSA) is 36.4 Å². The fourth-order valence-electron chi connectivity index (χ4n) is 2.51. The molecular formula is C18H20N2OS2. The first-order valence-corrected chi connectivity index (χ1v) is 9.35. The van der Waals surface area contributed by atoms with E-state index < -0.39 is 6.10 Å². The van der Waals surface area contributed by atoms with Gasteiger partial charge in [0.1, 0.15) is 11.1 Å². The Labute approximate surface area is 144 Å². The van der Waals surface area contributed by atoms with E-state index in [0.717, 1.165) is 28.7 Å². The van der Waals surface area contributed by atoms with Crippen LogP contribution in [0.15, 0.2) is 53.2 Å². The van der Waals surface area contributed by atoms with Gasteiger partial charge in [-0.2, -0.15) is 0 Å². The van der Waals surface area contributed by atoms with E-state index in [0.29, 0.717) is 6.54 Å². The molecule has 3 rings (SSSR count). The molecule has 0 saturated heterocycles. The molecule has 0 radical (unpaired) electrons. The van der Waals surface area contributed by atoms with Crippen LogP contribution in [0, 0.1) is 6.92 Å². The van der Waals surface area contributed by atoms with Crippen LogP contribution < -0.4 is 0 Å². The van der Waals surface area contributed by atoms with Gasteiger partial charge in [0.2, 0.25) is 0 Å². The molecule has 23 heavy (non-hydrogen) atoms. The van der Waals surface area contributed by atoms with Gasteiger partial charge in [-0.05, 0) is 23.9 Å². The number of aromatic nitrogens is 1. The van der Waals surface area contributed by atoms with Crippen LogP contribution in [0.4, 0.5) is 0 Å². The Morgan fingerprint density at radius 2 is 1.91 bits per heavy atom. The average molecular weight is 345 g/mol. The first-order valence-electron chi connectivity index (χ1n) is 7.59. The maximum Gasteiger partial charge on any atom is 0.107 e. The summed E-state index contributed by atoms with van der Waals surface area (Å²) in [5.41, 5.74) is 2.31. The van der Waals surface area contributed by atoms with E-state index in [-0.39, 0.29) is 0 Å². The molecule has 0 aliphatic carbocycles. The van der Waals surface area contributed by atoms with Crippen molar-refractivity contribution >= 4 is 22.7 Å². The molecule has 1 N–H and O–H groups in total. The Kier molecular flexibility index (Phi) is 5.56. The van der Waals surface area contributed by atoms with Crippen molar-refractivity contribution in [3.05, 3.63) is 74.4 Å². The largest absolute Gasteiger partial charge is 0.386 e. The van der Waals surface area contributed by atoms with Gasteiger partial charge < -0.3 is 5.11 Å². The van der Waals surface area contributed by atoms with Crippen molar-refractivity contribution in [3.8, 4) is 0 Å². The van der Waals surface area contributed by atoms with Gasteiger partial charge in [-0.3, -0.25) is 4.90 Å². The third kappa shape index (κ3) is 4.72. The van der Waals surface area contributed by atoms with Gasteiger partial charge in [-0.1, -0.05) is 36.4 Å². The van der Waals surface area contributed by atoms with Crippen molar-refractivity contribution < 1.29 is 5.11 Å². The number of thiazole rings is 1. The number of benzene rings is 1. The Balaban J connectivity index is 1.72. The van der Waals surface area contributed by atoms with Gasteiger partial charge >= 0.3 is 0 Å². The van der Waals surface area contributed by atoms with Crippen LogP contribution in [-0.4, -0.2) is 21.5 Å². The number of aliphatic hydroxyl groups excluding tert-OH is 1. The predicted molar refractivity (Wildman–Crippen MR) is 96.7 cm³/mol. The van der Waals surface area contributed by atoms with E-state index in [2.05, 4.69) is 39.5 Å². The van der Waals surface area contributed by atoms with Crippen molar-refractivity contribution in [2.45, 2.75) is 26.1 Å². The van der Waals surface area contributed by atoms with Gasteiger partial charge in [0.25, 0.3) is 0 Å². The SMILES string of the molecule is Cc1csc(CN(Cc2ccccc2)CC(O)c2cccs2)n1. The normalized spacial score (nSPS) is 12.7. The summed E-state index contributed by atoms with van der Waals surface area (Å²) < 4.78 is 0. The molecule has 3 aromatic rings. The highest BCUT2D eigenvalue weighted by molar-refractivity contribution is 7.10. The lowest BCUT2D eigenvalue weighted by Crippen LogP contribution is -2.27. The number of hydrogen-bond donors (Lipinski definition) is 1. The summed E-state index contributed by atoms with van der Waals surface area (Å²) >= 11 is 3.28. The number of rotatable bonds is 7. The van der Waals surface area contributed by atoms with Crippen LogP contribution in [0.2, 0.25) is 0 Å². The molecule has 0 aliphatic heterocycles. The standard InChI is InChI=1S/C18H20N2OS2/c1-14-13-23-18(19-14)12-20(10-15-6-3-2-4-7-15)11-16(21)17-8-5-9-22-17/h2-9,13,16,21H,10-12H2,1H3. The molecule has 120 valence electrons. The lowest BCUT2D eigenvalue weighted by molar-refractivity contribution is 0.107. The molecule has 3 nitrogen and oxygen atoms in total. The summed E-state index contributed by atoms with van der Waals surface area (Å²) in [6.07, 6.45) is -0.459. The first kappa shape index (κ1) is 16.3. The molecule has 0 fully saturated rings. The summed E-state index contributed by atoms with van der Waals surface area (Å²) in [4.78, 5) is 7.83. The predicted octanol–water partition coefficient (Wildman–Crippen LogP) is 4.25. The maximum atomic E-state index is 10.5. The van der Waals surface area contributed by atoms with Crippen LogP contribution in [-0.2, 0) is 13.1 Å². The molecule has 0 bridgehead atoms. The number of aliphatic hydroxyl groups is 1. The summed E-state index contributed by atoms with van der Waals surface area (Å²) in [5.74, 6) is 0. The highest BCUT2D eigenvalue weighted by Crippen LogP contribution is 2.22. The van der Waals surface area contributed by atoms with Crippen molar-refractivity contribution in [2.75, 3.05) is 6.54 Å². The molecule has 2 aromatic heterocycles.